The van der Waals surface area contributed by atoms with Gasteiger partial charge in [0.15, 0.2) is 12.0 Å². The highest BCUT2D eigenvalue weighted by Gasteiger charge is 2.33. The molecule has 0 aliphatic carbocycles. The number of aromatic nitrogens is 2. The fourth-order valence-electron chi connectivity index (χ4n) is 4.19. The van der Waals surface area contributed by atoms with E-state index in [1.165, 1.54) is 12.0 Å². The van der Waals surface area contributed by atoms with Gasteiger partial charge in [-0.2, -0.15) is 0 Å². The van der Waals surface area contributed by atoms with E-state index in [0.717, 1.165) is 46.7 Å². The minimum absolute atomic E-state index is 0.227. The summed E-state index contributed by atoms with van der Waals surface area (Å²) in [4.78, 5) is 7.60. The average molecular weight is 398 g/mol. The molecule has 7 heteroatoms. The van der Waals surface area contributed by atoms with E-state index in [1.54, 1.807) is 6.07 Å². The summed E-state index contributed by atoms with van der Waals surface area (Å²) < 4.78 is 31.5. The maximum atomic E-state index is 11.7. The first-order chi connectivity index (χ1) is 13.4. The predicted molar refractivity (Wildman–Crippen MR) is 112 cm³/mol. The summed E-state index contributed by atoms with van der Waals surface area (Å²) in [6, 6.07) is 11.8. The monoisotopic (exact) mass is 397 g/mol. The Morgan fingerprint density at radius 1 is 1.18 bits per heavy atom. The summed E-state index contributed by atoms with van der Waals surface area (Å²) in [6.07, 6.45) is 6.40. The van der Waals surface area contributed by atoms with Crippen LogP contribution >= 0.6 is 0 Å². The zero-order chi connectivity index (χ0) is 19.9. The zero-order valence-corrected chi connectivity index (χ0v) is 16.9. The first-order valence-electron chi connectivity index (χ1n) is 9.30. The molecule has 0 saturated heterocycles. The molecule has 0 aliphatic heterocycles. The average Bonchev–Trinajstić information content (AvgIpc) is 3.30. The number of anilines is 1. The first-order valence-corrected chi connectivity index (χ1v) is 11.2. The number of rotatable bonds is 6. The normalized spacial score (nSPS) is 12.7. The van der Waals surface area contributed by atoms with Crippen molar-refractivity contribution in [3.63, 3.8) is 0 Å². The summed E-state index contributed by atoms with van der Waals surface area (Å²) in [6.45, 7) is 4.35. The van der Waals surface area contributed by atoms with Crippen LogP contribution in [0.25, 0.3) is 22.0 Å². The maximum Gasteiger partial charge on any atom is 0.229 e. The number of para-hydroxylation sites is 1. The van der Waals surface area contributed by atoms with Crippen molar-refractivity contribution in [1.82, 2.24) is 9.97 Å². The molecule has 0 amide bonds. The van der Waals surface area contributed by atoms with E-state index >= 15 is 0 Å². The number of benzene rings is 2. The van der Waals surface area contributed by atoms with Crippen LogP contribution in [-0.4, -0.2) is 24.6 Å². The van der Waals surface area contributed by atoms with Gasteiger partial charge in [-0.25, -0.2) is 13.4 Å². The molecule has 2 aromatic carbocycles. The van der Waals surface area contributed by atoms with Gasteiger partial charge in [-0.1, -0.05) is 32.0 Å². The third-order valence-corrected chi connectivity index (χ3v) is 6.21. The molecule has 4 rings (SSSR count). The molecule has 28 heavy (non-hydrogen) atoms. The molecule has 2 aromatic heterocycles. The summed E-state index contributed by atoms with van der Waals surface area (Å²) in [7, 11) is -3.36. The summed E-state index contributed by atoms with van der Waals surface area (Å²) in [5, 5.41) is 1.01. The number of hydrogen-bond donors (Lipinski definition) is 2. The molecule has 2 heterocycles. The van der Waals surface area contributed by atoms with E-state index in [2.05, 4.69) is 40.7 Å². The van der Waals surface area contributed by atoms with Gasteiger partial charge in [-0.05, 0) is 42.2 Å². The van der Waals surface area contributed by atoms with Crippen molar-refractivity contribution in [2.45, 2.75) is 32.1 Å². The Morgan fingerprint density at radius 3 is 2.68 bits per heavy atom. The predicted octanol–water partition coefficient (Wildman–Crippen LogP) is 4.79. The second-order valence-corrected chi connectivity index (χ2v) is 8.88. The Bertz CT molecular complexity index is 1250. The Labute approximate surface area is 164 Å². The smallest absolute Gasteiger partial charge is 0.229 e. The number of oxazole rings is 1. The molecule has 146 valence electrons. The van der Waals surface area contributed by atoms with Crippen LogP contribution in [0.4, 0.5) is 5.69 Å². The number of nitrogens with one attached hydrogen (secondary N) is 2. The lowest BCUT2D eigenvalue weighted by Gasteiger charge is -2.32. The zero-order valence-electron chi connectivity index (χ0n) is 16.1. The van der Waals surface area contributed by atoms with Gasteiger partial charge in [0.25, 0.3) is 0 Å². The molecule has 4 aromatic rings. The number of aromatic amines is 1. The second-order valence-electron chi connectivity index (χ2n) is 7.13. The van der Waals surface area contributed by atoms with Crippen molar-refractivity contribution in [3.8, 4) is 0 Å². The van der Waals surface area contributed by atoms with Crippen LogP contribution in [0.5, 0.6) is 0 Å². The van der Waals surface area contributed by atoms with Gasteiger partial charge in [0.2, 0.25) is 10.0 Å². The molecule has 0 unspecified atom stereocenters. The Hall–Kier alpha value is -2.80. The molecule has 0 saturated carbocycles. The van der Waals surface area contributed by atoms with E-state index in [4.69, 9.17) is 4.42 Å². The van der Waals surface area contributed by atoms with Crippen LogP contribution in [0, 0.1) is 0 Å². The Balaban J connectivity index is 1.93. The number of fused-ring (bicyclic) bond motifs is 2. The van der Waals surface area contributed by atoms with Crippen LogP contribution in [0.15, 0.2) is 53.4 Å². The molecular formula is C21H23N3O3S. The van der Waals surface area contributed by atoms with E-state index in [9.17, 15) is 8.42 Å². The van der Waals surface area contributed by atoms with Gasteiger partial charge in [0.05, 0.1) is 17.5 Å². The van der Waals surface area contributed by atoms with E-state index in [0.29, 0.717) is 5.69 Å². The second kappa shape index (κ2) is 6.67. The van der Waals surface area contributed by atoms with Crippen molar-refractivity contribution in [2.75, 3.05) is 11.0 Å². The summed E-state index contributed by atoms with van der Waals surface area (Å²) >= 11 is 0. The number of H-pyrrole nitrogens is 1. The minimum Gasteiger partial charge on any atom is -0.443 e. The molecule has 0 spiro atoms. The standard InChI is InChI=1S/C21H23N3O3S/c1-4-21(5-2,14-9-10-19-18(11-14)23-13-27-19)16-12-22-20-15(16)7-6-8-17(20)24-28(3,25)26/h6-13,22,24H,4-5H2,1-3H3. The fourth-order valence-corrected chi connectivity index (χ4v) is 4.75. The molecule has 2 N–H and O–H groups in total. The first kappa shape index (κ1) is 18.6. The molecule has 0 bridgehead atoms. The summed E-state index contributed by atoms with van der Waals surface area (Å²) in [5.74, 6) is 0. The number of nitrogens with zero attached hydrogens (tertiary/aromatic N) is 1. The molecule has 6 nitrogen and oxygen atoms in total. The largest absolute Gasteiger partial charge is 0.443 e. The Morgan fingerprint density at radius 2 is 1.96 bits per heavy atom. The fraction of sp³-hybridized carbons (Fsp3) is 0.286. The third-order valence-electron chi connectivity index (χ3n) is 5.62. The lowest BCUT2D eigenvalue weighted by Crippen LogP contribution is -2.25. The van der Waals surface area contributed by atoms with Gasteiger partial charge in [0.1, 0.15) is 5.52 Å². The van der Waals surface area contributed by atoms with Gasteiger partial charge in [0, 0.05) is 17.0 Å². The number of hydrogen-bond acceptors (Lipinski definition) is 4. The van der Waals surface area contributed by atoms with Crippen LogP contribution in [0.3, 0.4) is 0 Å². The highest BCUT2D eigenvalue weighted by atomic mass is 32.2. The van der Waals surface area contributed by atoms with Gasteiger partial charge >= 0.3 is 0 Å². The minimum atomic E-state index is -3.36. The topological polar surface area (TPSA) is 88.0 Å². The maximum absolute atomic E-state index is 11.7. The van der Waals surface area contributed by atoms with Gasteiger partial charge in [-0.15, -0.1) is 0 Å². The Kier molecular flexibility index (Phi) is 4.42. The van der Waals surface area contributed by atoms with E-state index in [-0.39, 0.29) is 5.41 Å². The van der Waals surface area contributed by atoms with Gasteiger partial charge in [-0.3, -0.25) is 4.72 Å². The van der Waals surface area contributed by atoms with E-state index in [1.807, 2.05) is 24.4 Å². The van der Waals surface area contributed by atoms with Crippen molar-refractivity contribution < 1.29 is 12.8 Å². The van der Waals surface area contributed by atoms with Crippen LogP contribution in [0.1, 0.15) is 37.8 Å². The molecule has 0 fully saturated rings. The SMILES string of the molecule is CCC(CC)(c1ccc2ocnc2c1)c1c[nH]c2c(NS(C)(=O)=O)cccc12. The van der Waals surface area contributed by atoms with Crippen molar-refractivity contribution in [2.24, 2.45) is 0 Å². The van der Waals surface area contributed by atoms with Crippen LogP contribution in [-0.2, 0) is 15.4 Å². The molecular weight excluding hydrogens is 374 g/mol. The van der Waals surface area contributed by atoms with Crippen molar-refractivity contribution in [3.05, 3.63) is 60.1 Å². The molecule has 0 atom stereocenters. The number of sulfonamides is 1. The quantitative estimate of drug-likeness (QED) is 0.490. The van der Waals surface area contributed by atoms with Crippen molar-refractivity contribution >= 4 is 37.7 Å². The van der Waals surface area contributed by atoms with Gasteiger partial charge < -0.3 is 9.40 Å². The van der Waals surface area contributed by atoms with E-state index < -0.39 is 10.0 Å². The lowest BCUT2D eigenvalue weighted by molar-refractivity contribution is 0.482. The summed E-state index contributed by atoms with van der Waals surface area (Å²) in [5.41, 5.74) is 5.03. The van der Waals surface area contributed by atoms with Crippen LogP contribution in [0.2, 0.25) is 0 Å². The van der Waals surface area contributed by atoms with Crippen molar-refractivity contribution in [1.29, 1.82) is 0 Å². The van der Waals surface area contributed by atoms with Crippen LogP contribution < -0.4 is 4.72 Å². The lowest BCUT2D eigenvalue weighted by atomic mass is 9.70. The highest BCUT2D eigenvalue weighted by Crippen LogP contribution is 2.43. The molecule has 0 aliphatic rings. The third kappa shape index (κ3) is 2.96. The highest BCUT2D eigenvalue weighted by molar-refractivity contribution is 7.92. The molecule has 0 radical (unpaired) electrons.